The standard InChI is InChI=1S/C38H47N5O6/c1-26(2)23-32-38(48)42-30(24-28-15-8-5-9-16-28)36(46)39-20-12-22-49-33-18-11-10-17-29(33)35(45)41-31(25-34(44)43(32)3)37(47)40-21-19-27-13-6-4-7-14-27/h4-11,13-18,26,30-32H,12,19-25H2,1-3H3,(H,39,46)(H,40,47)(H,41,45)(H,42,48)/t30-,31-,32-/m0/s1. The van der Waals surface area contributed by atoms with Gasteiger partial charge in [-0.2, -0.15) is 0 Å². The van der Waals surface area contributed by atoms with E-state index in [0.717, 1.165) is 11.1 Å². The summed E-state index contributed by atoms with van der Waals surface area (Å²) in [7, 11) is 1.51. The Bertz CT molecular complexity index is 1570. The van der Waals surface area contributed by atoms with Gasteiger partial charge in [0.2, 0.25) is 23.6 Å². The van der Waals surface area contributed by atoms with Crippen LogP contribution in [0.4, 0.5) is 0 Å². The quantitative estimate of drug-likeness (QED) is 0.290. The van der Waals surface area contributed by atoms with Crippen molar-refractivity contribution < 1.29 is 28.7 Å². The first-order chi connectivity index (χ1) is 23.6. The molecule has 1 aliphatic rings. The second kappa shape index (κ2) is 18.4. The third-order valence-corrected chi connectivity index (χ3v) is 8.34. The molecule has 260 valence electrons. The first-order valence-electron chi connectivity index (χ1n) is 16.8. The highest BCUT2D eigenvalue weighted by Gasteiger charge is 2.34. The number of rotatable bonds is 8. The number of fused-ring (bicyclic) bond motifs is 1. The SMILES string of the molecule is CC(C)C[C@H]1C(=O)N[C@@H](Cc2ccccc2)C(=O)NCCCOc2ccccc2C(=O)N[C@H](C(=O)NCCc2ccccc2)CC(=O)N1C. The van der Waals surface area contributed by atoms with Crippen LogP contribution in [0.3, 0.4) is 0 Å². The van der Waals surface area contributed by atoms with Crippen LogP contribution >= 0.6 is 0 Å². The van der Waals surface area contributed by atoms with E-state index in [1.165, 1.54) is 11.9 Å². The Hall–Kier alpha value is -5.19. The first kappa shape index (κ1) is 36.6. The molecule has 11 heteroatoms. The lowest BCUT2D eigenvalue weighted by Gasteiger charge is -2.31. The lowest BCUT2D eigenvalue weighted by Crippen LogP contribution is -2.56. The molecule has 1 heterocycles. The van der Waals surface area contributed by atoms with Crippen molar-refractivity contribution in [3.05, 3.63) is 102 Å². The molecule has 4 N–H and O–H groups in total. The Balaban J connectivity index is 1.62. The summed E-state index contributed by atoms with van der Waals surface area (Å²) in [5.41, 5.74) is 2.10. The number of benzene rings is 3. The zero-order valence-electron chi connectivity index (χ0n) is 28.4. The molecule has 0 spiro atoms. The lowest BCUT2D eigenvalue weighted by molar-refractivity contribution is -0.141. The molecule has 49 heavy (non-hydrogen) atoms. The molecule has 3 aromatic rings. The third kappa shape index (κ3) is 11.2. The summed E-state index contributed by atoms with van der Waals surface area (Å²) in [6, 6.07) is 22.6. The van der Waals surface area contributed by atoms with Gasteiger partial charge in [0.1, 0.15) is 23.9 Å². The van der Waals surface area contributed by atoms with Crippen LogP contribution in [-0.2, 0) is 32.0 Å². The highest BCUT2D eigenvalue weighted by molar-refractivity contribution is 6.01. The molecule has 0 saturated carbocycles. The average Bonchev–Trinajstić information content (AvgIpc) is 3.10. The van der Waals surface area contributed by atoms with Crippen LogP contribution in [0.25, 0.3) is 0 Å². The number of carbonyl (C=O) groups is 5. The van der Waals surface area contributed by atoms with Gasteiger partial charge in [-0.3, -0.25) is 24.0 Å². The van der Waals surface area contributed by atoms with Gasteiger partial charge in [-0.1, -0.05) is 86.6 Å². The smallest absolute Gasteiger partial charge is 0.255 e. The van der Waals surface area contributed by atoms with Gasteiger partial charge in [0.15, 0.2) is 0 Å². The van der Waals surface area contributed by atoms with E-state index in [9.17, 15) is 24.0 Å². The maximum atomic E-state index is 13.9. The van der Waals surface area contributed by atoms with E-state index in [2.05, 4.69) is 21.3 Å². The number of ether oxygens (including phenoxy) is 1. The summed E-state index contributed by atoms with van der Waals surface area (Å²) in [6.45, 7) is 4.64. The summed E-state index contributed by atoms with van der Waals surface area (Å²) < 4.78 is 5.92. The number of carbonyl (C=O) groups excluding carboxylic acids is 5. The average molecular weight is 670 g/mol. The number of nitrogens with zero attached hydrogens (tertiary/aromatic N) is 1. The lowest BCUT2D eigenvalue weighted by atomic mass is 9.99. The molecule has 11 nitrogen and oxygen atoms in total. The monoisotopic (exact) mass is 669 g/mol. The van der Waals surface area contributed by atoms with Crippen molar-refractivity contribution in [3.63, 3.8) is 0 Å². The van der Waals surface area contributed by atoms with E-state index in [-0.39, 0.29) is 37.0 Å². The Morgan fingerprint density at radius 2 is 1.53 bits per heavy atom. The second-order valence-corrected chi connectivity index (χ2v) is 12.6. The number of para-hydroxylation sites is 1. The maximum Gasteiger partial charge on any atom is 0.255 e. The maximum absolute atomic E-state index is 13.9. The zero-order chi connectivity index (χ0) is 35.2. The van der Waals surface area contributed by atoms with Crippen molar-refractivity contribution >= 4 is 29.5 Å². The topological polar surface area (TPSA) is 146 Å². The molecule has 0 bridgehead atoms. The van der Waals surface area contributed by atoms with Crippen molar-refractivity contribution in [1.29, 1.82) is 0 Å². The normalized spacial score (nSPS) is 19.8. The zero-order valence-corrected chi connectivity index (χ0v) is 28.4. The summed E-state index contributed by atoms with van der Waals surface area (Å²) >= 11 is 0. The van der Waals surface area contributed by atoms with Crippen molar-refractivity contribution in [3.8, 4) is 5.75 Å². The summed E-state index contributed by atoms with van der Waals surface area (Å²) in [5.74, 6) is -2.12. The number of nitrogens with one attached hydrogen (secondary N) is 4. The fourth-order valence-corrected chi connectivity index (χ4v) is 5.62. The molecule has 1 aliphatic heterocycles. The second-order valence-electron chi connectivity index (χ2n) is 12.6. The molecular weight excluding hydrogens is 622 g/mol. The van der Waals surface area contributed by atoms with Gasteiger partial charge in [-0.05, 0) is 48.4 Å². The molecular formula is C38H47N5O6. The predicted molar refractivity (Wildman–Crippen MR) is 187 cm³/mol. The van der Waals surface area contributed by atoms with Gasteiger partial charge < -0.3 is 30.9 Å². The van der Waals surface area contributed by atoms with Crippen molar-refractivity contribution in [2.75, 3.05) is 26.7 Å². The highest BCUT2D eigenvalue weighted by atomic mass is 16.5. The molecule has 3 aromatic carbocycles. The van der Waals surface area contributed by atoms with Gasteiger partial charge in [0, 0.05) is 26.6 Å². The molecule has 0 unspecified atom stereocenters. The summed E-state index contributed by atoms with van der Waals surface area (Å²) in [6.07, 6.45) is 1.18. The molecule has 0 aromatic heterocycles. The van der Waals surface area contributed by atoms with Gasteiger partial charge in [-0.25, -0.2) is 0 Å². The Labute approximate surface area is 288 Å². The molecule has 5 amide bonds. The summed E-state index contributed by atoms with van der Waals surface area (Å²) in [5, 5.41) is 11.4. The van der Waals surface area contributed by atoms with Crippen LogP contribution in [0.5, 0.6) is 5.75 Å². The van der Waals surface area contributed by atoms with E-state index in [1.807, 2.05) is 74.5 Å². The molecule has 0 saturated heterocycles. The van der Waals surface area contributed by atoms with Crippen LogP contribution in [-0.4, -0.2) is 79.3 Å². The third-order valence-electron chi connectivity index (χ3n) is 8.34. The van der Waals surface area contributed by atoms with Crippen LogP contribution < -0.4 is 26.0 Å². The fourth-order valence-electron chi connectivity index (χ4n) is 5.62. The number of hydrogen-bond acceptors (Lipinski definition) is 6. The molecule has 0 radical (unpaired) electrons. The van der Waals surface area contributed by atoms with Gasteiger partial charge >= 0.3 is 0 Å². The van der Waals surface area contributed by atoms with E-state index in [1.54, 1.807) is 24.3 Å². The highest BCUT2D eigenvalue weighted by Crippen LogP contribution is 2.19. The number of hydrogen-bond donors (Lipinski definition) is 4. The minimum atomic E-state index is -1.23. The van der Waals surface area contributed by atoms with Crippen molar-refractivity contribution in [2.45, 2.75) is 64.1 Å². The Morgan fingerprint density at radius 3 is 2.22 bits per heavy atom. The minimum absolute atomic E-state index is 0.0264. The minimum Gasteiger partial charge on any atom is -0.493 e. The van der Waals surface area contributed by atoms with Gasteiger partial charge in [-0.15, -0.1) is 0 Å². The predicted octanol–water partition coefficient (Wildman–Crippen LogP) is 3.03. The first-order valence-corrected chi connectivity index (χ1v) is 16.8. The van der Waals surface area contributed by atoms with Crippen LogP contribution in [0.2, 0.25) is 0 Å². The Kier molecular flexibility index (Phi) is 13.7. The van der Waals surface area contributed by atoms with E-state index >= 15 is 0 Å². The molecule has 0 aliphatic carbocycles. The molecule has 0 fully saturated rings. The largest absolute Gasteiger partial charge is 0.493 e. The van der Waals surface area contributed by atoms with Crippen LogP contribution in [0.1, 0.15) is 54.6 Å². The Morgan fingerprint density at radius 1 is 0.878 bits per heavy atom. The molecule has 3 atom stereocenters. The fraction of sp³-hybridized carbons (Fsp3) is 0.395. The van der Waals surface area contributed by atoms with Gasteiger partial charge in [0.05, 0.1) is 18.6 Å². The van der Waals surface area contributed by atoms with Crippen LogP contribution in [0.15, 0.2) is 84.9 Å². The van der Waals surface area contributed by atoms with E-state index < -0.39 is 48.2 Å². The van der Waals surface area contributed by atoms with E-state index in [0.29, 0.717) is 31.6 Å². The molecule has 4 rings (SSSR count). The summed E-state index contributed by atoms with van der Waals surface area (Å²) in [4.78, 5) is 69.6. The van der Waals surface area contributed by atoms with Crippen LogP contribution in [0, 0.1) is 5.92 Å². The van der Waals surface area contributed by atoms with Gasteiger partial charge in [0.25, 0.3) is 5.91 Å². The van der Waals surface area contributed by atoms with Crippen molar-refractivity contribution in [1.82, 2.24) is 26.2 Å². The number of likely N-dealkylation sites (N-methyl/N-ethyl adjacent to an activating group) is 1. The van der Waals surface area contributed by atoms with E-state index in [4.69, 9.17) is 4.74 Å². The van der Waals surface area contributed by atoms with Crippen molar-refractivity contribution in [2.24, 2.45) is 5.92 Å². The number of amides is 5.